The van der Waals surface area contributed by atoms with Gasteiger partial charge in [0.1, 0.15) is 5.56 Å². The average molecular weight is 259 g/mol. The van der Waals surface area contributed by atoms with Crippen LogP contribution in [0.25, 0.3) is 5.82 Å². The highest BCUT2D eigenvalue weighted by Gasteiger charge is 2.20. The normalized spacial score (nSPS) is 10.8. The second-order valence-electron chi connectivity index (χ2n) is 4.79. The Balaban J connectivity index is 2.81. The predicted molar refractivity (Wildman–Crippen MR) is 72.0 cm³/mol. The van der Waals surface area contributed by atoms with Crippen molar-refractivity contribution >= 4 is 5.97 Å². The van der Waals surface area contributed by atoms with Crippen LogP contribution >= 0.6 is 0 Å². The van der Waals surface area contributed by atoms with Gasteiger partial charge in [-0.25, -0.2) is 14.5 Å². The summed E-state index contributed by atoms with van der Waals surface area (Å²) in [6.07, 6.45) is 0. The van der Waals surface area contributed by atoms with E-state index in [9.17, 15) is 9.90 Å². The van der Waals surface area contributed by atoms with Crippen LogP contribution in [0.2, 0.25) is 0 Å². The van der Waals surface area contributed by atoms with Crippen molar-refractivity contribution in [2.75, 3.05) is 0 Å². The number of rotatable bonds is 2. The zero-order valence-electron chi connectivity index (χ0n) is 11.8. The van der Waals surface area contributed by atoms with Crippen LogP contribution in [0.3, 0.4) is 0 Å². The molecule has 100 valence electrons. The van der Waals surface area contributed by atoms with Crippen LogP contribution in [0.15, 0.2) is 6.07 Å². The Morgan fingerprint density at radius 3 is 2.32 bits per heavy atom. The molecule has 0 saturated heterocycles. The van der Waals surface area contributed by atoms with Crippen molar-refractivity contribution in [1.82, 2.24) is 14.8 Å². The van der Waals surface area contributed by atoms with Gasteiger partial charge in [-0.05, 0) is 51.8 Å². The number of carboxylic acids is 1. The summed E-state index contributed by atoms with van der Waals surface area (Å²) in [6, 6.07) is 1.77. The Labute approximate surface area is 111 Å². The van der Waals surface area contributed by atoms with Crippen LogP contribution in [0.4, 0.5) is 0 Å². The van der Waals surface area contributed by atoms with Crippen LogP contribution in [0, 0.1) is 34.6 Å². The molecule has 0 bridgehead atoms. The lowest BCUT2D eigenvalue weighted by atomic mass is 10.1. The van der Waals surface area contributed by atoms with Crippen LogP contribution in [0.1, 0.15) is 38.6 Å². The lowest BCUT2D eigenvalue weighted by Gasteiger charge is -2.11. The fourth-order valence-electron chi connectivity index (χ4n) is 2.16. The van der Waals surface area contributed by atoms with Crippen molar-refractivity contribution in [3.05, 3.63) is 39.8 Å². The van der Waals surface area contributed by atoms with E-state index in [0.717, 1.165) is 22.6 Å². The summed E-state index contributed by atoms with van der Waals surface area (Å²) in [5, 5.41) is 13.8. The van der Waals surface area contributed by atoms with Crippen molar-refractivity contribution in [3.8, 4) is 5.82 Å². The fraction of sp³-hybridized carbons (Fsp3) is 0.357. The molecule has 0 aliphatic rings. The maximum Gasteiger partial charge on any atom is 0.339 e. The molecule has 0 radical (unpaired) electrons. The third kappa shape index (κ3) is 2.12. The molecule has 2 heterocycles. The minimum Gasteiger partial charge on any atom is -0.478 e. The van der Waals surface area contributed by atoms with E-state index in [-0.39, 0.29) is 5.56 Å². The summed E-state index contributed by atoms with van der Waals surface area (Å²) in [5.74, 6) is -0.594. The maximum atomic E-state index is 11.4. The van der Waals surface area contributed by atoms with Crippen molar-refractivity contribution in [2.24, 2.45) is 0 Å². The van der Waals surface area contributed by atoms with Gasteiger partial charge in [-0.1, -0.05) is 0 Å². The Hall–Kier alpha value is -2.17. The maximum absolute atomic E-state index is 11.4. The van der Waals surface area contributed by atoms with Crippen LogP contribution in [0.5, 0.6) is 0 Å². The zero-order chi connectivity index (χ0) is 14.3. The first kappa shape index (κ1) is 13.3. The van der Waals surface area contributed by atoms with E-state index in [0.29, 0.717) is 11.4 Å². The molecule has 2 aromatic heterocycles. The van der Waals surface area contributed by atoms with Gasteiger partial charge >= 0.3 is 5.97 Å². The molecule has 5 nitrogen and oxygen atoms in total. The largest absolute Gasteiger partial charge is 0.478 e. The standard InChI is InChI=1S/C14H17N3O2/c1-7-6-8(2)15-13(12(7)14(18)19)17-11(5)9(3)10(4)16-17/h6H,1-5H3,(H,18,19). The van der Waals surface area contributed by atoms with Crippen LogP contribution in [-0.2, 0) is 0 Å². The second kappa shape index (κ2) is 4.50. The van der Waals surface area contributed by atoms with Crippen LogP contribution < -0.4 is 0 Å². The lowest BCUT2D eigenvalue weighted by Crippen LogP contribution is -2.13. The van der Waals surface area contributed by atoms with E-state index in [1.54, 1.807) is 17.7 Å². The Bertz CT molecular complexity index is 672. The van der Waals surface area contributed by atoms with Crippen molar-refractivity contribution in [2.45, 2.75) is 34.6 Å². The van der Waals surface area contributed by atoms with Gasteiger partial charge in [-0.15, -0.1) is 0 Å². The molecular weight excluding hydrogens is 242 g/mol. The van der Waals surface area contributed by atoms with Crippen molar-refractivity contribution < 1.29 is 9.90 Å². The summed E-state index contributed by atoms with van der Waals surface area (Å²) < 4.78 is 1.62. The predicted octanol–water partition coefficient (Wildman–Crippen LogP) is 2.51. The number of aryl methyl sites for hydroxylation is 3. The van der Waals surface area contributed by atoms with Gasteiger partial charge in [0, 0.05) is 11.4 Å². The minimum absolute atomic E-state index is 0.205. The Morgan fingerprint density at radius 2 is 1.84 bits per heavy atom. The molecule has 0 amide bonds. The van der Waals surface area contributed by atoms with E-state index in [1.165, 1.54) is 0 Å². The Morgan fingerprint density at radius 1 is 1.21 bits per heavy atom. The van der Waals surface area contributed by atoms with E-state index in [4.69, 9.17) is 0 Å². The third-order valence-corrected chi connectivity index (χ3v) is 3.39. The lowest BCUT2D eigenvalue weighted by molar-refractivity contribution is 0.0695. The number of nitrogens with zero attached hydrogens (tertiary/aromatic N) is 3. The molecule has 0 aliphatic carbocycles. The monoisotopic (exact) mass is 259 g/mol. The highest BCUT2D eigenvalue weighted by atomic mass is 16.4. The first-order valence-corrected chi connectivity index (χ1v) is 6.07. The Kier molecular flexibility index (Phi) is 3.14. The quantitative estimate of drug-likeness (QED) is 0.899. The zero-order valence-corrected chi connectivity index (χ0v) is 11.8. The van der Waals surface area contributed by atoms with Crippen LogP contribution in [-0.4, -0.2) is 25.8 Å². The van der Waals surface area contributed by atoms with Crippen molar-refractivity contribution in [3.63, 3.8) is 0 Å². The van der Waals surface area contributed by atoms with Crippen molar-refractivity contribution in [1.29, 1.82) is 0 Å². The molecule has 0 atom stereocenters. The minimum atomic E-state index is -0.981. The third-order valence-electron chi connectivity index (χ3n) is 3.39. The topological polar surface area (TPSA) is 68.0 Å². The van der Waals surface area contributed by atoms with E-state index in [1.807, 2.05) is 27.7 Å². The summed E-state index contributed by atoms with van der Waals surface area (Å²) in [5.41, 5.74) is 4.53. The number of aromatic nitrogens is 3. The molecule has 5 heteroatoms. The number of carbonyl (C=O) groups is 1. The van der Waals surface area contributed by atoms with Gasteiger partial charge in [0.25, 0.3) is 0 Å². The van der Waals surface area contributed by atoms with Gasteiger partial charge in [-0.2, -0.15) is 5.10 Å². The number of pyridine rings is 1. The number of hydrogen-bond acceptors (Lipinski definition) is 3. The number of carboxylic acid groups (broad SMARTS) is 1. The number of aromatic carboxylic acids is 1. The van der Waals surface area contributed by atoms with E-state index >= 15 is 0 Å². The van der Waals surface area contributed by atoms with E-state index < -0.39 is 5.97 Å². The van der Waals surface area contributed by atoms with Gasteiger partial charge in [-0.3, -0.25) is 0 Å². The molecule has 0 aromatic carbocycles. The van der Waals surface area contributed by atoms with Gasteiger partial charge < -0.3 is 5.11 Å². The summed E-state index contributed by atoms with van der Waals surface area (Å²) >= 11 is 0. The highest BCUT2D eigenvalue weighted by Crippen LogP contribution is 2.21. The second-order valence-corrected chi connectivity index (χ2v) is 4.79. The van der Waals surface area contributed by atoms with Gasteiger partial charge in [0.15, 0.2) is 5.82 Å². The summed E-state index contributed by atoms with van der Waals surface area (Å²) in [7, 11) is 0. The van der Waals surface area contributed by atoms with Gasteiger partial charge in [0.05, 0.1) is 5.69 Å². The van der Waals surface area contributed by atoms with E-state index in [2.05, 4.69) is 10.1 Å². The molecule has 19 heavy (non-hydrogen) atoms. The highest BCUT2D eigenvalue weighted by molar-refractivity contribution is 5.92. The smallest absolute Gasteiger partial charge is 0.339 e. The molecule has 0 saturated carbocycles. The fourth-order valence-corrected chi connectivity index (χ4v) is 2.16. The molecular formula is C14H17N3O2. The van der Waals surface area contributed by atoms with Gasteiger partial charge in [0.2, 0.25) is 0 Å². The summed E-state index contributed by atoms with van der Waals surface area (Å²) in [6.45, 7) is 9.42. The molecule has 1 N–H and O–H groups in total. The number of hydrogen-bond donors (Lipinski definition) is 1. The molecule has 0 spiro atoms. The molecule has 0 aliphatic heterocycles. The SMILES string of the molecule is Cc1cc(C)c(C(=O)O)c(-n2nc(C)c(C)c2C)n1. The molecule has 0 unspecified atom stereocenters. The molecule has 0 fully saturated rings. The average Bonchev–Trinajstić information content (AvgIpc) is 2.55. The first-order chi connectivity index (χ1) is 8.82. The molecule has 2 rings (SSSR count). The molecule has 2 aromatic rings. The summed E-state index contributed by atoms with van der Waals surface area (Å²) in [4.78, 5) is 15.8. The first-order valence-electron chi connectivity index (χ1n) is 6.07.